The lowest BCUT2D eigenvalue weighted by molar-refractivity contribution is -0.133. The molecule has 10 nitrogen and oxygen atoms in total. The second-order valence-electron chi connectivity index (χ2n) is 12.3. The van der Waals surface area contributed by atoms with Crippen LogP contribution >= 0.6 is 0 Å². The van der Waals surface area contributed by atoms with Gasteiger partial charge in [0.05, 0.1) is 12.1 Å². The van der Waals surface area contributed by atoms with Crippen LogP contribution in [0.2, 0.25) is 0 Å². The second kappa shape index (κ2) is 16.8. The largest absolute Gasteiger partial charge is 0.483 e. The highest BCUT2D eigenvalue weighted by Crippen LogP contribution is 2.22. The number of amides is 4. The van der Waals surface area contributed by atoms with E-state index in [1.54, 1.807) is 9.91 Å². The number of nitrogens with zero attached hydrogens (tertiary/aromatic N) is 2. The smallest absolute Gasteiger partial charge is 0.318 e. The molecule has 4 rings (SSSR count). The molecule has 4 N–H and O–H groups in total. The number of benzene rings is 3. The molecule has 1 aliphatic rings. The molecular formula is C36H47N5O5. The topological polar surface area (TPSA) is 123 Å². The maximum absolute atomic E-state index is 13.8. The summed E-state index contributed by atoms with van der Waals surface area (Å²) >= 11 is 0. The van der Waals surface area contributed by atoms with Gasteiger partial charge in [-0.15, -0.1) is 0 Å². The van der Waals surface area contributed by atoms with Crippen molar-refractivity contribution in [3.05, 3.63) is 101 Å². The van der Waals surface area contributed by atoms with Gasteiger partial charge in [0.2, 0.25) is 0 Å². The molecule has 0 radical (unpaired) electrons. The van der Waals surface area contributed by atoms with Gasteiger partial charge >= 0.3 is 6.03 Å². The van der Waals surface area contributed by atoms with Crippen LogP contribution in [0.25, 0.3) is 0 Å². The van der Waals surface area contributed by atoms with E-state index in [1.165, 1.54) is 0 Å². The van der Waals surface area contributed by atoms with E-state index in [-0.39, 0.29) is 36.9 Å². The van der Waals surface area contributed by atoms with Gasteiger partial charge in [-0.1, -0.05) is 92.7 Å². The first kappa shape index (κ1) is 34.5. The van der Waals surface area contributed by atoms with E-state index in [0.717, 1.165) is 28.7 Å². The first-order valence-electron chi connectivity index (χ1n) is 16.0. The van der Waals surface area contributed by atoms with Crippen molar-refractivity contribution in [2.45, 2.75) is 65.3 Å². The number of aliphatic hydroxyl groups is 1. The Kier molecular flexibility index (Phi) is 12.6. The number of rotatable bonds is 15. The van der Waals surface area contributed by atoms with Crippen LogP contribution in [-0.4, -0.2) is 77.3 Å². The van der Waals surface area contributed by atoms with Crippen LogP contribution in [0.1, 0.15) is 42.5 Å². The quantitative estimate of drug-likeness (QED) is 0.190. The van der Waals surface area contributed by atoms with Gasteiger partial charge in [0.1, 0.15) is 11.8 Å². The Morgan fingerprint density at radius 1 is 0.957 bits per heavy atom. The molecule has 3 aromatic rings. The lowest BCUT2D eigenvalue weighted by Gasteiger charge is -2.38. The van der Waals surface area contributed by atoms with Crippen molar-refractivity contribution in [1.29, 1.82) is 0 Å². The molecule has 0 aromatic heterocycles. The van der Waals surface area contributed by atoms with Crippen LogP contribution in [0.3, 0.4) is 0 Å². The Morgan fingerprint density at radius 2 is 1.59 bits per heavy atom. The first-order valence-corrected chi connectivity index (χ1v) is 16.0. The third-order valence-electron chi connectivity index (χ3n) is 8.11. The molecule has 1 fully saturated rings. The normalized spacial score (nSPS) is 15.2. The summed E-state index contributed by atoms with van der Waals surface area (Å²) in [6.07, 6.45) is 0.0549. The van der Waals surface area contributed by atoms with Gasteiger partial charge in [-0.05, 0) is 54.9 Å². The van der Waals surface area contributed by atoms with E-state index < -0.39 is 18.2 Å². The summed E-state index contributed by atoms with van der Waals surface area (Å²) in [6, 6.07) is 23.4. The number of para-hydroxylation sites is 1. The van der Waals surface area contributed by atoms with Gasteiger partial charge in [-0.3, -0.25) is 15.0 Å². The van der Waals surface area contributed by atoms with Crippen molar-refractivity contribution in [3.8, 4) is 5.75 Å². The summed E-state index contributed by atoms with van der Waals surface area (Å²) in [6.45, 7) is 8.87. The number of hydrogen-bond acceptors (Lipinski definition) is 6. The van der Waals surface area contributed by atoms with Crippen LogP contribution in [0.4, 0.5) is 4.79 Å². The maximum Gasteiger partial charge on any atom is 0.318 e. The molecule has 1 saturated heterocycles. The zero-order chi connectivity index (χ0) is 33.1. The molecule has 0 saturated carbocycles. The predicted molar refractivity (Wildman–Crippen MR) is 178 cm³/mol. The minimum Gasteiger partial charge on any atom is -0.483 e. The van der Waals surface area contributed by atoms with Gasteiger partial charge in [0.25, 0.3) is 11.8 Å². The molecule has 46 heavy (non-hydrogen) atoms. The third-order valence-corrected chi connectivity index (χ3v) is 8.11. The average Bonchev–Trinajstić information content (AvgIpc) is 3.02. The molecule has 4 amide bonds. The Morgan fingerprint density at radius 3 is 2.20 bits per heavy atom. The summed E-state index contributed by atoms with van der Waals surface area (Å²) < 4.78 is 5.89. The highest BCUT2D eigenvalue weighted by Gasteiger charge is 2.35. The molecule has 10 heteroatoms. The lowest BCUT2D eigenvalue weighted by Crippen LogP contribution is -2.61. The standard InChI is InChI=1S/C36H47N5O5/c1-25(2)33(41-20-12-19-37-36(41)45)35(44)39-40(22-29-17-9-6-10-18-29)23-31(42)30(21-28-15-7-5-8-16-28)38-32(43)24-46-34-26(3)13-11-14-27(34)4/h5-11,13-18,25,30-31,33,42H,12,19-24H2,1-4H3,(H,37,45)(H,38,43)(H,39,44)/t30-,31-,33+/m0/s1. The molecule has 1 heterocycles. The van der Waals surface area contributed by atoms with Crippen LogP contribution < -0.4 is 20.8 Å². The molecule has 1 aliphatic heterocycles. The Hall–Kier alpha value is -4.41. The number of aliphatic hydroxyl groups excluding tert-OH is 1. The van der Waals surface area contributed by atoms with Crippen molar-refractivity contribution in [2.75, 3.05) is 26.2 Å². The van der Waals surface area contributed by atoms with Crippen molar-refractivity contribution in [3.63, 3.8) is 0 Å². The molecular weight excluding hydrogens is 582 g/mol. The number of urea groups is 1. The first-order chi connectivity index (χ1) is 22.1. The SMILES string of the molecule is Cc1cccc(C)c1OCC(=O)N[C@@H](Cc1ccccc1)[C@@H](O)CN(Cc1ccccc1)NC(=O)[C@@H](C(C)C)N1CCCNC1=O. The van der Waals surface area contributed by atoms with Crippen LogP contribution in [-0.2, 0) is 22.6 Å². The fraction of sp³-hybridized carbons (Fsp3) is 0.417. The van der Waals surface area contributed by atoms with Gasteiger partial charge in [-0.2, -0.15) is 0 Å². The van der Waals surface area contributed by atoms with Crippen LogP contribution in [0.5, 0.6) is 5.75 Å². The molecule has 0 bridgehead atoms. The minimum atomic E-state index is -1.07. The van der Waals surface area contributed by atoms with E-state index in [4.69, 9.17) is 4.74 Å². The predicted octanol–water partition coefficient (Wildman–Crippen LogP) is 3.74. The Labute approximate surface area is 272 Å². The third kappa shape index (κ3) is 9.79. The average molecular weight is 630 g/mol. The van der Waals surface area contributed by atoms with Gasteiger partial charge in [0.15, 0.2) is 6.61 Å². The number of carbonyl (C=O) groups excluding carboxylic acids is 3. The summed E-state index contributed by atoms with van der Waals surface area (Å²) in [5, 5.41) is 19.1. The van der Waals surface area contributed by atoms with E-state index in [1.807, 2.05) is 107 Å². The summed E-state index contributed by atoms with van der Waals surface area (Å²) in [4.78, 5) is 41.2. The fourth-order valence-electron chi connectivity index (χ4n) is 5.81. The van der Waals surface area contributed by atoms with Crippen molar-refractivity contribution >= 4 is 17.8 Å². The molecule has 3 atom stereocenters. The zero-order valence-corrected chi connectivity index (χ0v) is 27.2. The van der Waals surface area contributed by atoms with Gasteiger partial charge in [0, 0.05) is 26.2 Å². The molecule has 3 aromatic carbocycles. The number of hydrogen-bond donors (Lipinski definition) is 4. The second-order valence-corrected chi connectivity index (χ2v) is 12.3. The van der Waals surface area contributed by atoms with E-state index >= 15 is 0 Å². The lowest BCUT2D eigenvalue weighted by atomic mass is 10.00. The van der Waals surface area contributed by atoms with Crippen molar-refractivity contribution in [2.24, 2.45) is 5.92 Å². The van der Waals surface area contributed by atoms with Gasteiger partial charge in [-0.25, -0.2) is 9.80 Å². The Balaban J connectivity index is 1.52. The number of hydrazine groups is 1. The minimum absolute atomic E-state index is 0.0210. The summed E-state index contributed by atoms with van der Waals surface area (Å²) in [5.41, 5.74) is 6.74. The number of carbonyl (C=O) groups is 3. The van der Waals surface area contributed by atoms with E-state index in [9.17, 15) is 19.5 Å². The molecule has 246 valence electrons. The highest BCUT2D eigenvalue weighted by atomic mass is 16.5. The van der Waals surface area contributed by atoms with Crippen molar-refractivity contribution in [1.82, 2.24) is 26.0 Å². The summed E-state index contributed by atoms with van der Waals surface area (Å²) in [7, 11) is 0. The number of nitrogens with one attached hydrogen (secondary N) is 3. The highest BCUT2D eigenvalue weighted by molar-refractivity contribution is 5.87. The summed E-state index contributed by atoms with van der Waals surface area (Å²) in [5.74, 6) is -0.177. The number of ether oxygens (including phenoxy) is 1. The Bertz CT molecular complexity index is 1410. The van der Waals surface area contributed by atoms with Gasteiger partial charge < -0.3 is 25.4 Å². The monoisotopic (exact) mass is 629 g/mol. The van der Waals surface area contributed by atoms with E-state index in [0.29, 0.717) is 31.8 Å². The van der Waals surface area contributed by atoms with Crippen molar-refractivity contribution < 1.29 is 24.2 Å². The van der Waals surface area contributed by atoms with Crippen LogP contribution in [0, 0.1) is 19.8 Å². The molecule has 0 aliphatic carbocycles. The number of aryl methyl sites for hydroxylation is 2. The van der Waals surface area contributed by atoms with Crippen LogP contribution in [0.15, 0.2) is 78.9 Å². The zero-order valence-electron chi connectivity index (χ0n) is 27.2. The maximum atomic E-state index is 13.8. The fourth-order valence-corrected chi connectivity index (χ4v) is 5.81. The van der Waals surface area contributed by atoms with E-state index in [2.05, 4.69) is 16.1 Å². The molecule has 0 spiro atoms. The molecule has 0 unspecified atom stereocenters.